The number of carbonyl (C=O) groups excluding carboxylic acids is 2. The van der Waals surface area contributed by atoms with Crippen LogP contribution < -0.4 is 5.32 Å². The summed E-state index contributed by atoms with van der Waals surface area (Å²) in [5.41, 5.74) is 2.81. The molecule has 3 aliphatic carbocycles. The van der Waals surface area contributed by atoms with Gasteiger partial charge in [-0.15, -0.1) is 0 Å². The molecule has 2 unspecified atom stereocenters. The van der Waals surface area contributed by atoms with E-state index in [1.54, 1.807) is 4.90 Å². The largest absolute Gasteiger partial charge is 0.481 e. The Kier molecular flexibility index (Phi) is 4.73. The lowest BCUT2D eigenvalue weighted by Crippen LogP contribution is -2.51. The summed E-state index contributed by atoms with van der Waals surface area (Å²) in [6.07, 6.45) is 2.85. The van der Waals surface area contributed by atoms with Gasteiger partial charge in [-0.3, -0.25) is 9.59 Å². The number of hydrogen-bond donors (Lipinski definition) is 2. The molecule has 34 heavy (non-hydrogen) atoms. The molecule has 0 aromatic heterocycles. The van der Waals surface area contributed by atoms with Crippen LogP contribution in [0.4, 0.5) is 4.79 Å². The van der Waals surface area contributed by atoms with Crippen LogP contribution in [0.15, 0.2) is 48.5 Å². The number of ether oxygens (including phenoxy) is 1. The normalized spacial score (nSPS) is 25.9. The average molecular weight is 461 g/mol. The van der Waals surface area contributed by atoms with Crippen LogP contribution in [0.25, 0.3) is 11.1 Å². The Morgan fingerprint density at radius 3 is 2.24 bits per heavy atom. The van der Waals surface area contributed by atoms with Gasteiger partial charge >= 0.3 is 12.1 Å². The van der Waals surface area contributed by atoms with E-state index in [4.69, 9.17) is 4.74 Å². The van der Waals surface area contributed by atoms with Crippen LogP contribution >= 0.6 is 0 Å². The number of nitrogens with zero attached hydrogens (tertiary/aromatic N) is 1. The number of amides is 2. The average Bonchev–Trinajstić information content (AvgIpc) is 3.20. The molecule has 0 spiro atoms. The van der Waals surface area contributed by atoms with Crippen LogP contribution in [-0.2, 0) is 14.3 Å². The third kappa shape index (κ3) is 3.13. The fourth-order valence-corrected chi connectivity index (χ4v) is 6.44. The first-order valence-corrected chi connectivity index (χ1v) is 12.1. The maximum absolute atomic E-state index is 13.3. The second kappa shape index (κ2) is 7.58. The molecule has 2 amide bonds. The molecule has 6 rings (SSSR count). The molecule has 3 fully saturated rings. The summed E-state index contributed by atoms with van der Waals surface area (Å²) < 4.78 is 5.65. The Balaban J connectivity index is 1.12. The van der Waals surface area contributed by atoms with Gasteiger partial charge in [0, 0.05) is 19.0 Å². The first kappa shape index (κ1) is 21.2. The molecule has 176 valence electrons. The van der Waals surface area contributed by atoms with Crippen LogP contribution in [0.3, 0.4) is 0 Å². The Morgan fingerprint density at radius 1 is 1.00 bits per heavy atom. The minimum absolute atomic E-state index is 0.000737. The van der Waals surface area contributed by atoms with Crippen LogP contribution in [0.1, 0.15) is 49.1 Å². The summed E-state index contributed by atoms with van der Waals surface area (Å²) in [6.45, 7) is 0.886. The Bertz CT molecular complexity index is 1140. The van der Waals surface area contributed by atoms with Gasteiger partial charge in [0.15, 0.2) is 0 Å². The van der Waals surface area contributed by atoms with E-state index in [9.17, 15) is 19.5 Å². The molecular weight excluding hydrogens is 432 g/mol. The predicted octanol–water partition coefficient (Wildman–Crippen LogP) is 3.77. The van der Waals surface area contributed by atoms with Gasteiger partial charge in [-0.25, -0.2) is 4.79 Å². The molecule has 1 aliphatic heterocycles. The van der Waals surface area contributed by atoms with E-state index in [1.165, 1.54) is 0 Å². The number of aliphatic carboxylic acids is 1. The summed E-state index contributed by atoms with van der Waals surface area (Å²) in [5, 5.41) is 12.6. The Morgan fingerprint density at radius 2 is 1.65 bits per heavy atom. The number of nitrogens with one attached hydrogen (secondary N) is 1. The maximum atomic E-state index is 13.3. The Hall–Kier alpha value is -3.35. The van der Waals surface area contributed by atoms with Crippen LogP contribution in [0.5, 0.6) is 0 Å². The third-order valence-corrected chi connectivity index (χ3v) is 8.43. The Labute approximate surface area is 198 Å². The summed E-state index contributed by atoms with van der Waals surface area (Å²) in [5.74, 6) is -1.02. The molecular formula is C27H28N2O5. The van der Waals surface area contributed by atoms with E-state index in [2.05, 4.69) is 29.6 Å². The first-order chi connectivity index (χ1) is 16.4. The SMILES string of the molecule is O=C(NC1(C(=O)N2CC3CCCC3(C(=O)O)C2)CC1)OCC1c2ccccc2-c2ccccc21. The summed E-state index contributed by atoms with van der Waals surface area (Å²) >= 11 is 0. The lowest BCUT2D eigenvalue weighted by atomic mass is 9.81. The van der Waals surface area contributed by atoms with E-state index in [0.29, 0.717) is 25.8 Å². The molecule has 2 aromatic carbocycles. The monoisotopic (exact) mass is 460 g/mol. The third-order valence-electron chi connectivity index (χ3n) is 8.43. The first-order valence-electron chi connectivity index (χ1n) is 12.1. The molecule has 2 atom stereocenters. The van der Waals surface area contributed by atoms with E-state index >= 15 is 0 Å². The van der Waals surface area contributed by atoms with Crippen molar-refractivity contribution in [2.45, 2.75) is 43.6 Å². The number of hydrogen-bond acceptors (Lipinski definition) is 4. The van der Waals surface area contributed by atoms with Gasteiger partial charge in [-0.2, -0.15) is 0 Å². The van der Waals surface area contributed by atoms with Crippen molar-refractivity contribution in [2.75, 3.05) is 19.7 Å². The molecule has 1 heterocycles. The zero-order valence-corrected chi connectivity index (χ0v) is 19.0. The van der Waals surface area contributed by atoms with Crippen molar-refractivity contribution in [2.24, 2.45) is 11.3 Å². The maximum Gasteiger partial charge on any atom is 0.408 e. The lowest BCUT2D eigenvalue weighted by molar-refractivity contribution is -0.149. The molecule has 1 saturated heterocycles. The van der Waals surface area contributed by atoms with Gasteiger partial charge in [0.25, 0.3) is 0 Å². The molecule has 4 aliphatic rings. The van der Waals surface area contributed by atoms with Crippen molar-refractivity contribution in [3.63, 3.8) is 0 Å². The van der Waals surface area contributed by atoms with Gasteiger partial charge in [-0.1, -0.05) is 55.0 Å². The molecule has 2 saturated carbocycles. The molecule has 7 nitrogen and oxygen atoms in total. The number of alkyl carbamates (subject to hydrolysis) is 1. The van der Waals surface area contributed by atoms with Crippen LogP contribution in [0.2, 0.25) is 0 Å². The zero-order chi connectivity index (χ0) is 23.5. The molecule has 2 aromatic rings. The number of fused-ring (bicyclic) bond motifs is 4. The van der Waals surface area contributed by atoms with E-state index in [1.807, 2.05) is 24.3 Å². The van der Waals surface area contributed by atoms with E-state index in [-0.39, 0.29) is 30.9 Å². The quantitative estimate of drug-likeness (QED) is 0.708. The second-order valence-electron chi connectivity index (χ2n) is 10.3. The van der Waals surface area contributed by atoms with Gasteiger partial charge in [0.05, 0.1) is 5.41 Å². The van der Waals surface area contributed by atoms with E-state index in [0.717, 1.165) is 35.1 Å². The predicted molar refractivity (Wildman–Crippen MR) is 124 cm³/mol. The number of likely N-dealkylation sites (tertiary alicyclic amines) is 1. The number of carboxylic acids is 1. The number of carbonyl (C=O) groups is 3. The van der Waals surface area contributed by atoms with Gasteiger partial charge in [0.2, 0.25) is 5.91 Å². The highest BCUT2D eigenvalue weighted by atomic mass is 16.5. The van der Waals surface area contributed by atoms with Crippen LogP contribution in [0, 0.1) is 11.3 Å². The molecule has 2 N–H and O–H groups in total. The molecule has 7 heteroatoms. The second-order valence-corrected chi connectivity index (χ2v) is 10.3. The summed E-state index contributed by atoms with van der Waals surface area (Å²) in [4.78, 5) is 39.7. The summed E-state index contributed by atoms with van der Waals surface area (Å²) in [6, 6.07) is 16.3. The highest BCUT2D eigenvalue weighted by Crippen LogP contribution is 2.50. The number of benzene rings is 2. The van der Waals surface area contributed by atoms with Gasteiger partial charge in [-0.05, 0) is 53.9 Å². The van der Waals surface area contributed by atoms with Crippen LogP contribution in [-0.4, -0.2) is 53.2 Å². The minimum Gasteiger partial charge on any atom is -0.481 e. The van der Waals surface area contributed by atoms with Crippen molar-refractivity contribution in [1.29, 1.82) is 0 Å². The minimum atomic E-state index is -0.957. The lowest BCUT2D eigenvalue weighted by Gasteiger charge is -2.26. The topological polar surface area (TPSA) is 95.9 Å². The smallest absolute Gasteiger partial charge is 0.408 e. The van der Waals surface area contributed by atoms with E-state index < -0.39 is 23.0 Å². The van der Waals surface area contributed by atoms with Crippen molar-refractivity contribution in [3.8, 4) is 11.1 Å². The zero-order valence-electron chi connectivity index (χ0n) is 19.0. The fraction of sp³-hybridized carbons (Fsp3) is 0.444. The van der Waals surface area contributed by atoms with Crippen molar-refractivity contribution in [1.82, 2.24) is 10.2 Å². The highest BCUT2D eigenvalue weighted by molar-refractivity contribution is 5.94. The van der Waals surface area contributed by atoms with Crippen molar-refractivity contribution < 1.29 is 24.2 Å². The number of rotatable bonds is 5. The fourth-order valence-electron chi connectivity index (χ4n) is 6.44. The standard InChI is InChI=1S/C27H28N2O5/c30-23(29-14-17-6-5-11-26(17,16-29)24(31)32)27(12-13-27)28-25(33)34-15-22-20-9-3-1-7-18(20)19-8-2-4-10-21(19)22/h1-4,7-10,17,22H,5-6,11-16H2,(H,28,33)(H,31,32). The highest BCUT2D eigenvalue weighted by Gasteiger charge is 2.60. The van der Waals surface area contributed by atoms with Crippen molar-refractivity contribution in [3.05, 3.63) is 59.7 Å². The molecule has 0 radical (unpaired) electrons. The molecule has 0 bridgehead atoms. The van der Waals surface area contributed by atoms with Gasteiger partial charge < -0.3 is 20.1 Å². The van der Waals surface area contributed by atoms with Gasteiger partial charge in [0.1, 0.15) is 12.1 Å². The van der Waals surface area contributed by atoms with Crippen molar-refractivity contribution >= 4 is 18.0 Å². The summed E-state index contributed by atoms with van der Waals surface area (Å²) in [7, 11) is 0. The number of carboxylic acid groups (broad SMARTS) is 1.